The van der Waals surface area contributed by atoms with E-state index in [1.165, 1.54) is 0 Å². The lowest BCUT2D eigenvalue weighted by atomic mass is 10.0. The van der Waals surface area contributed by atoms with E-state index in [2.05, 4.69) is 10.6 Å². The van der Waals surface area contributed by atoms with Gasteiger partial charge in [0.1, 0.15) is 6.10 Å². The van der Waals surface area contributed by atoms with Gasteiger partial charge in [0, 0.05) is 24.3 Å². The van der Waals surface area contributed by atoms with Crippen molar-refractivity contribution in [3.63, 3.8) is 0 Å². The molecule has 4 heteroatoms. The van der Waals surface area contributed by atoms with Crippen LogP contribution in [0.5, 0.6) is 0 Å². The number of nitrogens with one attached hydrogen (secondary N) is 2. The Kier molecular flexibility index (Phi) is 4.28. The summed E-state index contributed by atoms with van der Waals surface area (Å²) in [6.07, 6.45) is -0.428. The van der Waals surface area contributed by atoms with E-state index in [1.807, 2.05) is 54.6 Å². The van der Waals surface area contributed by atoms with Gasteiger partial charge in [0.15, 0.2) is 0 Å². The van der Waals surface area contributed by atoms with Crippen molar-refractivity contribution >= 4 is 11.6 Å². The van der Waals surface area contributed by atoms with E-state index < -0.39 is 6.10 Å². The number of ether oxygens (including phenoxy) is 1. The van der Waals surface area contributed by atoms with E-state index in [1.54, 1.807) is 0 Å². The Labute approximate surface area is 124 Å². The van der Waals surface area contributed by atoms with Gasteiger partial charge in [-0.25, -0.2) is 0 Å². The lowest BCUT2D eigenvalue weighted by molar-refractivity contribution is -0.128. The molecule has 3 rings (SSSR count). The third-order valence-electron chi connectivity index (χ3n) is 3.49. The molecule has 0 saturated carbocycles. The third kappa shape index (κ3) is 3.29. The quantitative estimate of drug-likeness (QED) is 0.908. The van der Waals surface area contributed by atoms with E-state index in [4.69, 9.17) is 4.74 Å². The zero-order valence-electron chi connectivity index (χ0n) is 11.7. The zero-order chi connectivity index (χ0) is 14.5. The van der Waals surface area contributed by atoms with Crippen molar-refractivity contribution in [2.45, 2.75) is 6.10 Å². The van der Waals surface area contributed by atoms with Gasteiger partial charge in [-0.3, -0.25) is 4.79 Å². The van der Waals surface area contributed by atoms with Gasteiger partial charge in [-0.2, -0.15) is 0 Å². The molecule has 21 heavy (non-hydrogen) atoms. The molecule has 2 N–H and O–H groups in total. The zero-order valence-corrected chi connectivity index (χ0v) is 11.7. The molecule has 0 bridgehead atoms. The summed E-state index contributed by atoms with van der Waals surface area (Å²) >= 11 is 0. The minimum atomic E-state index is -0.428. The van der Waals surface area contributed by atoms with Gasteiger partial charge in [-0.1, -0.05) is 48.5 Å². The maximum atomic E-state index is 12.3. The van der Waals surface area contributed by atoms with Crippen LogP contribution in [-0.4, -0.2) is 31.7 Å². The highest BCUT2D eigenvalue weighted by molar-refractivity contribution is 5.98. The Morgan fingerprint density at radius 1 is 1.10 bits per heavy atom. The van der Waals surface area contributed by atoms with Crippen molar-refractivity contribution in [1.82, 2.24) is 5.32 Å². The average Bonchev–Trinajstić information content (AvgIpc) is 2.57. The Hall–Kier alpha value is -2.17. The van der Waals surface area contributed by atoms with Crippen LogP contribution in [0.25, 0.3) is 11.1 Å². The molecular weight excluding hydrogens is 264 g/mol. The Morgan fingerprint density at radius 3 is 2.62 bits per heavy atom. The number of hydrogen-bond acceptors (Lipinski definition) is 3. The number of anilines is 1. The van der Waals surface area contributed by atoms with Crippen LogP contribution in [0.3, 0.4) is 0 Å². The predicted molar refractivity (Wildman–Crippen MR) is 83.1 cm³/mol. The van der Waals surface area contributed by atoms with Crippen molar-refractivity contribution in [2.75, 3.05) is 25.0 Å². The fourth-order valence-electron chi connectivity index (χ4n) is 2.41. The highest BCUT2D eigenvalue weighted by atomic mass is 16.5. The van der Waals surface area contributed by atoms with Gasteiger partial charge >= 0.3 is 0 Å². The Balaban J connectivity index is 1.81. The molecular formula is C17H18N2O2. The highest BCUT2D eigenvalue weighted by Crippen LogP contribution is 2.27. The van der Waals surface area contributed by atoms with Gasteiger partial charge in [0.25, 0.3) is 5.91 Å². The van der Waals surface area contributed by atoms with Crippen LogP contribution in [0.15, 0.2) is 54.6 Å². The fourth-order valence-corrected chi connectivity index (χ4v) is 2.41. The second-order valence-electron chi connectivity index (χ2n) is 4.96. The van der Waals surface area contributed by atoms with Crippen molar-refractivity contribution in [3.8, 4) is 11.1 Å². The topological polar surface area (TPSA) is 50.4 Å². The number of rotatable bonds is 3. The number of carbonyl (C=O) groups excluding carboxylic acids is 1. The van der Waals surface area contributed by atoms with Crippen molar-refractivity contribution in [1.29, 1.82) is 0 Å². The summed E-state index contributed by atoms with van der Waals surface area (Å²) < 4.78 is 5.48. The normalized spacial score (nSPS) is 18.2. The minimum absolute atomic E-state index is 0.106. The molecule has 0 aromatic heterocycles. The standard InChI is InChI=1S/C17H18N2O2/c20-17(16-12-18-10-11-21-16)19-15-9-5-4-8-14(15)13-6-2-1-3-7-13/h1-9,16,18H,10-12H2,(H,19,20). The second-order valence-corrected chi connectivity index (χ2v) is 4.96. The molecule has 1 aliphatic rings. The molecule has 1 aliphatic heterocycles. The van der Waals surface area contributed by atoms with Gasteiger partial charge in [-0.15, -0.1) is 0 Å². The second kappa shape index (κ2) is 6.52. The number of para-hydroxylation sites is 1. The van der Waals surface area contributed by atoms with Crippen LogP contribution in [0, 0.1) is 0 Å². The van der Waals surface area contributed by atoms with E-state index in [0.29, 0.717) is 13.2 Å². The summed E-state index contributed by atoms with van der Waals surface area (Å²) in [4.78, 5) is 12.3. The maximum absolute atomic E-state index is 12.3. The lowest BCUT2D eigenvalue weighted by Crippen LogP contribution is -2.45. The van der Waals surface area contributed by atoms with Crippen LogP contribution in [0.4, 0.5) is 5.69 Å². The molecule has 108 valence electrons. The first kappa shape index (κ1) is 13.8. The van der Waals surface area contributed by atoms with E-state index in [0.717, 1.165) is 23.4 Å². The van der Waals surface area contributed by atoms with Crippen LogP contribution < -0.4 is 10.6 Å². The molecule has 1 saturated heterocycles. The first-order chi connectivity index (χ1) is 10.3. The molecule has 1 unspecified atom stereocenters. The van der Waals surface area contributed by atoms with Gasteiger partial charge in [0.2, 0.25) is 0 Å². The smallest absolute Gasteiger partial charge is 0.254 e. The number of morpholine rings is 1. The highest BCUT2D eigenvalue weighted by Gasteiger charge is 2.22. The average molecular weight is 282 g/mol. The van der Waals surface area contributed by atoms with E-state index >= 15 is 0 Å². The fraction of sp³-hybridized carbons (Fsp3) is 0.235. The number of benzene rings is 2. The number of carbonyl (C=O) groups is 1. The molecule has 1 atom stereocenters. The van der Waals surface area contributed by atoms with Crippen LogP contribution >= 0.6 is 0 Å². The minimum Gasteiger partial charge on any atom is -0.366 e. The molecule has 1 amide bonds. The Bertz CT molecular complexity index is 607. The first-order valence-corrected chi connectivity index (χ1v) is 7.12. The van der Waals surface area contributed by atoms with Crippen molar-refractivity contribution in [2.24, 2.45) is 0 Å². The summed E-state index contributed by atoms with van der Waals surface area (Å²) in [6, 6.07) is 17.8. The predicted octanol–water partition coefficient (Wildman–Crippen LogP) is 2.28. The van der Waals surface area contributed by atoms with Crippen LogP contribution in [0.1, 0.15) is 0 Å². The first-order valence-electron chi connectivity index (χ1n) is 7.12. The van der Waals surface area contributed by atoms with Crippen LogP contribution in [-0.2, 0) is 9.53 Å². The third-order valence-corrected chi connectivity index (χ3v) is 3.49. The van der Waals surface area contributed by atoms with Crippen molar-refractivity contribution < 1.29 is 9.53 Å². The van der Waals surface area contributed by atoms with Gasteiger partial charge < -0.3 is 15.4 Å². The van der Waals surface area contributed by atoms with Crippen LogP contribution in [0.2, 0.25) is 0 Å². The summed E-state index contributed by atoms with van der Waals surface area (Å²) in [5.41, 5.74) is 2.90. The number of hydrogen-bond donors (Lipinski definition) is 2. The molecule has 2 aromatic carbocycles. The molecule has 2 aromatic rings. The van der Waals surface area contributed by atoms with Crippen molar-refractivity contribution in [3.05, 3.63) is 54.6 Å². The van der Waals surface area contributed by atoms with Gasteiger partial charge in [0.05, 0.1) is 6.61 Å². The number of amides is 1. The lowest BCUT2D eigenvalue weighted by Gasteiger charge is -2.23. The molecule has 0 spiro atoms. The van der Waals surface area contributed by atoms with E-state index in [9.17, 15) is 4.79 Å². The summed E-state index contributed by atoms with van der Waals surface area (Å²) in [7, 11) is 0. The molecule has 1 fully saturated rings. The summed E-state index contributed by atoms with van der Waals surface area (Å²) in [5.74, 6) is -0.106. The molecule has 0 aliphatic carbocycles. The SMILES string of the molecule is O=C(Nc1ccccc1-c1ccccc1)C1CNCCO1. The molecule has 1 heterocycles. The molecule has 0 radical (unpaired) electrons. The maximum Gasteiger partial charge on any atom is 0.254 e. The monoisotopic (exact) mass is 282 g/mol. The van der Waals surface area contributed by atoms with E-state index in [-0.39, 0.29) is 5.91 Å². The Morgan fingerprint density at radius 2 is 1.86 bits per heavy atom. The summed E-state index contributed by atoms with van der Waals surface area (Å²) in [5, 5.41) is 6.14. The van der Waals surface area contributed by atoms with Gasteiger partial charge in [-0.05, 0) is 11.6 Å². The summed E-state index contributed by atoms with van der Waals surface area (Å²) in [6.45, 7) is 1.92. The molecule has 4 nitrogen and oxygen atoms in total. The largest absolute Gasteiger partial charge is 0.366 e.